The minimum absolute atomic E-state index is 0.200. The van der Waals surface area contributed by atoms with E-state index in [1.54, 1.807) is 19.1 Å². The van der Waals surface area contributed by atoms with Crippen molar-refractivity contribution >= 4 is 27.5 Å². The van der Waals surface area contributed by atoms with Crippen LogP contribution in [-0.2, 0) is 26.2 Å². The lowest BCUT2D eigenvalue weighted by atomic mass is 10.0. The summed E-state index contributed by atoms with van der Waals surface area (Å²) in [5.74, 6) is -0.413. The average molecular weight is 488 g/mol. The van der Waals surface area contributed by atoms with Gasteiger partial charge in [0.05, 0.1) is 11.9 Å². The van der Waals surface area contributed by atoms with E-state index in [4.69, 9.17) is 0 Å². The van der Waals surface area contributed by atoms with E-state index < -0.39 is 28.5 Å². The summed E-state index contributed by atoms with van der Waals surface area (Å²) in [6.45, 7) is 10.0. The Labute approximate surface area is 204 Å². The van der Waals surface area contributed by atoms with Gasteiger partial charge in [-0.15, -0.1) is 0 Å². The molecule has 0 fully saturated rings. The second-order valence-electron chi connectivity index (χ2n) is 8.99. The predicted octanol–water partition coefficient (Wildman–Crippen LogP) is 3.83. The monoisotopic (exact) mass is 487 g/mol. The van der Waals surface area contributed by atoms with Gasteiger partial charge in [-0.25, -0.2) is 8.42 Å². The molecule has 2 rings (SSSR count). The lowest BCUT2D eigenvalue weighted by molar-refractivity contribution is -0.139. The van der Waals surface area contributed by atoms with Crippen LogP contribution in [0.25, 0.3) is 0 Å². The summed E-state index contributed by atoms with van der Waals surface area (Å²) in [5.41, 5.74) is 3.40. The highest BCUT2D eigenvalue weighted by Gasteiger charge is 2.30. The van der Waals surface area contributed by atoms with Gasteiger partial charge >= 0.3 is 0 Å². The number of nitrogens with one attached hydrogen (secondary N) is 1. The third kappa shape index (κ3) is 7.58. The fourth-order valence-electron chi connectivity index (χ4n) is 3.62. The number of hydrogen-bond acceptors (Lipinski definition) is 4. The number of aryl methyl sites for hydroxylation is 1. The molecule has 0 bridgehead atoms. The molecule has 2 aromatic carbocycles. The lowest BCUT2D eigenvalue weighted by Gasteiger charge is -2.31. The molecule has 0 saturated heterocycles. The molecule has 186 valence electrons. The number of amides is 2. The normalized spacial score (nSPS) is 12.3. The number of hydrogen-bond donors (Lipinski definition) is 1. The summed E-state index contributed by atoms with van der Waals surface area (Å²) in [4.78, 5) is 27.7. The van der Waals surface area contributed by atoms with Gasteiger partial charge in [0.2, 0.25) is 21.8 Å². The molecule has 0 aliphatic heterocycles. The SMILES string of the molecule is CCCNC(=O)[C@H](C)N(Cc1cccc(C)c1)C(=O)CN(c1ccc(C(C)C)cc1)S(C)(=O)=O. The predicted molar refractivity (Wildman–Crippen MR) is 137 cm³/mol. The first-order valence-corrected chi connectivity index (χ1v) is 13.5. The minimum Gasteiger partial charge on any atom is -0.354 e. The third-order valence-electron chi connectivity index (χ3n) is 5.68. The van der Waals surface area contributed by atoms with Crippen molar-refractivity contribution in [3.05, 3.63) is 65.2 Å². The van der Waals surface area contributed by atoms with Crippen molar-refractivity contribution in [2.45, 2.75) is 59.5 Å². The number of sulfonamides is 1. The fourth-order valence-corrected chi connectivity index (χ4v) is 4.47. The van der Waals surface area contributed by atoms with Crippen molar-refractivity contribution in [3.63, 3.8) is 0 Å². The Morgan fingerprint density at radius 2 is 1.68 bits per heavy atom. The van der Waals surface area contributed by atoms with Gasteiger partial charge in [-0.05, 0) is 49.4 Å². The van der Waals surface area contributed by atoms with Gasteiger partial charge in [-0.1, -0.05) is 62.7 Å². The molecule has 0 heterocycles. The molecule has 0 saturated carbocycles. The van der Waals surface area contributed by atoms with Crippen LogP contribution < -0.4 is 9.62 Å². The Morgan fingerprint density at radius 3 is 2.21 bits per heavy atom. The van der Waals surface area contributed by atoms with Crippen molar-refractivity contribution in [1.29, 1.82) is 0 Å². The van der Waals surface area contributed by atoms with E-state index >= 15 is 0 Å². The topological polar surface area (TPSA) is 86.8 Å². The number of benzene rings is 2. The molecule has 34 heavy (non-hydrogen) atoms. The maximum Gasteiger partial charge on any atom is 0.244 e. The number of carbonyl (C=O) groups is 2. The van der Waals surface area contributed by atoms with Gasteiger partial charge in [-0.2, -0.15) is 0 Å². The largest absolute Gasteiger partial charge is 0.354 e. The highest BCUT2D eigenvalue weighted by molar-refractivity contribution is 7.92. The maximum atomic E-state index is 13.5. The zero-order valence-corrected chi connectivity index (χ0v) is 21.9. The van der Waals surface area contributed by atoms with E-state index in [1.165, 1.54) is 4.90 Å². The second-order valence-corrected chi connectivity index (χ2v) is 10.9. The van der Waals surface area contributed by atoms with E-state index in [2.05, 4.69) is 19.2 Å². The van der Waals surface area contributed by atoms with E-state index in [9.17, 15) is 18.0 Å². The lowest BCUT2D eigenvalue weighted by Crippen LogP contribution is -2.51. The van der Waals surface area contributed by atoms with Crippen LogP contribution in [0.4, 0.5) is 5.69 Å². The van der Waals surface area contributed by atoms with Crippen molar-refractivity contribution < 1.29 is 18.0 Å². The first-order chi connectivity index (χ1) is 15.9. The molecule has 2 aromatic rings. The van der Waals surface area contributed by atoms with Crippen LogP contribution >= 0.6 is 0 Å². The van der Waals surface area contributed by atoms with Crippen LogP contribution in [0.15, 0.2) is 48.5 Å². The zero-order valence-electron chi connectivity index (χ0n) is 21.0. The molecule has 0 spiro atoms. The quantitative estimate of drug-likeness (QED) is 0.522. The van der Waals surface area contributed by atoms with Crippen LogP contribution in [0.5, 0.6) is 0 Å². The van der Waals surface area contributed by atoms with E-state index in [1.807, 2.05) is 50.2 Å². The molecule has 8 heteroatoms. The molecule has 1 atom stereocenters. The van der Waals surface area contributed by atoms with Gasteiger partial charge in [0, 0.05) is 13.1 Å². The first-order valence-electron chi connectivity index (χ1n) is 11.6. The second kappa shape index (κ2) is 12.0. The average Bonchev–Trinajstić information content (AvgIpc) is 2.78. The summed E-state index contributed by atoms with van der Waals surface area (Å²) in [6, 6.07) is 14.1. The number of carbonyl (C=O) groups excluding carboxylic acids is 2. The van der Waals surface area contributed by atoms with Crippen LogP contribution in [0.2, 0.25) is 0 Å². The summed E-state index contributed by atoms with van der Waals surface area (Å²) in [6.07, 6.45) is 1.86. The van der Waals surface area contributed by atoms with Crippen LogP contribution in [-0.4, -0.2) is 50.5 Å². The number of nitrogens with zero attached hydrogens (tertiary/aromatic N) is 2. The Hall–Kier alpha value is -2.87. The maximum absolute atomic E-state index is 13.5. The van der Waals surface area contributed by atoms with E-state index in [0.29, 0.717) is 18.2 Å². The molecular weight excluding hydrogens is 450 g/mol. The Morgan fingerprint density at radius 1 is 1.03 bits per heavy atom. The smallest absolute Gasteiger partial charge is 0.244 e. The van der Waals surface area contributed by atoms with Gasteiger partial charge in [-0.3, -0.25) is 13.9 Å². The summed E-state index contributed by atoms with van der Waals surface area (Å²) in [7, 11) is -3.73. The van der Waals surface area contributed by atoms with Crippen LogP contribution in [0.3, 0.4) is 0 Å². The molecular formula is C26H37N3O4S. The standard InChI is InChI=1S/C26H37N3O4S/c1-7-15-27-26(31)21(5)28(17-22-10-8-9-20(4)16-22)25(30)18-29(34(6,32)33)24-13-11-23(12-14-24)19(2)3/h8-14,16,19,21H,7,15,17-18H2,1-6H3,(H,27,31)/t21-/m0/s1. The number of anilines is 1. The molecule has 2 amide bonds. The summed E-state index contributed by atoms with van der Waals surface area (Å²) in [5, 5.41) is 2.83. The first kappa shape index (κ1) is 27.4. The van der Waals surface area contributed by atoms with Crippen molar-refractivity contribution in [2.24, 2.45) is 0 Å². The molecule has 0 aromatic heterocycles. The Kier molecular flexibility index (Phi) is 9.67. The highest BCUT2D eigenvalue weighted by Crippen LogP contribution is 2.23. The van der Waals surface area contributed by atoms with E-state index in [0.717, 1.165) is 33.7 Å². The fraction of sp³-hybridized carbons (Fsp3) is 0.462. The van der Waals surface area contributed by atoms with Crippen molar-refractivity contribution in [2.75, 3.05) is 23.7 Å². The van der Waals surface area contributed by atoms with E-state index in [-0.39, 0.29) is 12.5 Å². The minimum atomic E-state index is -3.73. The molecule has 0 aliphatic carbocycles. The van der Waals surface area contributed by atoms with Gasteiger partial charge in [0.1, 0.15) is 12.6 Å². The Balaban J connectivity index is 2.37. The van der Waals surface area contributed by atoms with Crippen molar-refractivity contribution in [1.82, 2.24) is 10.2 Å². The van der Waals surface area contributed by atoms with Crippen LogP contribution in [0, 0.1) is 6.92 Å². The third-order valence-corrected chi connectivity index (χ3v) is 6.82. The molecule has 1 N–H and O–H groups in total. The van der Waals surface area contributed by atoms with Crippen LogP contribution in [0.1, 0.15) is 56.7 Å². The summed E-state index contributed by atoms with van der Waals surface area (Å²) < 4.78 is 26.4. The molecule has 0 unspecified atom stereocenters. The highest BCUT2D eigenvalue weighted by atomic mass is 32.2. The molecule has 0 radical (unpaired) electrons. The zero-order chi connectivity index (χ0) is 25.5. The van der Waals surface area contributed by atoms with Gasteiger partial charge in [0.25, 0.3) is 0 Å². The molecule has 0 aliphatic rings. The van der Waals surface area contributed by atoms with Gasteiger partial charge in [0.15, 0.2) is 0 Å². The van der Waals surface area contributed by atoms with Gasteiger partial charge < -0.3 is 10.2 Å². The van der Waals surface area contributed by atoms with Crippen molar-refractivity contribution in [3.8, 4) is 0 Å². The summed E-state index contributed by atoms with van der Waals surface area (Å²) >= 11 is 0. The molecule has 7 nitrogen and oxygen atoms in total. The Bertz CT molecular complexity index is 1080. The number of rotatable bonds is 11.